The third-order valence-corrected chi connectivity index (χ3v) is 9.70. The maximum Gasteiger partial charge on any atom is 0.459 e. The summed E-state index contributed by atoms with van der Waals surface area (Å²) >= 11 is 0. The molecule has 1 saturated heterocycles. The number of ether oxygens (including phenoxy) is 2. The molecule has 3 fully saturated rings. The van der Waals surface area contributed by atoms with Crippen LogP contribution in [0.4, 0.5) is 5.82 Å². The molecule has 0 amide bonds. The topological polar surface area (TPSA) is 204 Å². The van der Waals surface area contributed by atoms with E-state index in [1.165, 1.54) is 29.9 Å². The fraction of sp³-hybridized carbons (Fsp3) is 0.481. The number of aliphatic hydroxyl groups is 2. The lowest BCUT2D eigenvalue weighted by Crippen LogP contribution is -2.39. The van der Waals surface area contributed by atoms with Gasteiger partial charge in [0.2, 0.25) is 5.60 Å². The van der Waals surface area contributed by atoms with Crippen molar-refractivity contribution in [1.82, 2.24) is 19.7 Å². The number of fused-ring (bicyclic) bond motifs is 2. The van der Waals surface area contributed by atoms with Crippen LogP contribution in [0, 0.1) is 11.3 Å². The number of nitrogens with two attached hydrogens (primary N) is 1. The summed E-state index contributed by atoms with van der Waals surface area (Å²) in [5.74, 6) is -0.323. The van der Waals surface area contributed by atoms with E-state index in [4.69, 9.17) is 24.3 Å². The van der Waals surface area contributed by atoms with E-state index in [1.807, 2.05) is 6.07 Å². The maximum absolute atomic E-state index is 14.1. The lowest BCUT2D eigenvalue weighted by atomic mass is 9.98. The number of nitrogens with one attached hydrogen (secondary N) is 1. The highest BCUT2D eigenvalue weighted by atomic mass is 31.2. The van der Waals surface area contributed by atoms with Crippen molar-refractivity contribution in [3.05, 3.63) is 54.5 Å². The Morgan fingerprint density at radius 1 is 1.26 bits per heavy atom. The number of aromatic nitrogens is 3. The average Bonchev–Trinajstić information content (AvgIpc) is 3.22. The standard InChI is InChI=1S/C27H31N6O8P/c1-16(24(35)38-17-8-4-2-5-9-17)32-42(37,40-18-10-6-3-7-11-18)41-25-26(14-28)27(25,36)22(34)21(39-26)19-12-13-20-23(29)30-15-31-33(19)20/h3,6-7,10-13,15-17,21-22,25,34,36H,2,4-5,8-9H2,1H3,(H,32,37)(H2,29,30,31)/t16-,21-,22-,25?,26+,27+,42?/m0/s1. The third kappa shape index (κ3) is 4.63. The number of aliphatic hydroxyl groups excluding tert-OH is 1. The number of carbonyl (C=O) groups is 1. The molecule has 1 aromatic carbocycles. The highest BCUT2D eigenvalue weighted by Crippen LogP contribution is 2.68. The number of nitrogen functional groups attached to an aromatic ring is 1. The molecule has 0 spiro atoms. The van der Waals surface area contributed by atoms with Crippen LogP contribution in [0.25, 0.3) is 5.52 Å². The monoisotopic (exact) mass is 598 g/mol. The quantitative estimate of drug-likeness (QED) is 0.206. The molecule has 3 aliphatic rings. The van der Waals surface area contributed by atoms with Gasteiger partial charge in [-0.25, -0.2) is 14.1 Å². The van der Waals surface area contributed by atoms with Gasteiger partial charge in [-0.2, -0.15) is 15.4 Å². The molecule has 0 bridgehead atoms. The summed E-state index contributed by atoms with van der Waals surface area (Å²) in [6.45, 7) is 1.45. The highest BCUT2D eigenvalue weighted by Gasteiger charge is 2.90. The maximum atomic E-state index is 14.1. The van der Waals surface area contributed by atoms with Crippen molar-refractivity contribution < 1.29 is 38.1 Å². The minimum absolute atomic E-state index is 0.140. The van der Waals surface area contributed by atoms with Gasteiger partial charge in [-0.1, -0.05) is 24.6 Å². The van der Waals surface area contributed by atoms with E-state index in [0.717, 1.165) is 32.1 Å². The van der Waals surface area contributed by atoms with Crippen LogP contribution in [-0.2, 0) is 23.4 Å². The summed E-state index contributed by atoms with van der Waals surface area (Å²) in [6.07, 6.45) is 0.968. The van der Waals surface area contributed by atoms with Gasteiger partial charge >= 0.3 is 13.7 Å². The third-order valence-electron chi connectivity index (χ3n) is 8.05. The van der Waals surface area contributed by atoms with Gasteiger partial charge in [0.1, 0.15) is 48.0 Å². The zero-order chi connectivity index (χ0) is 29.7. The number of benzene rings is 1. The van der Waals surface area contributed by atoms with Gasteiger partial charge in [0.25, 0.3) is 0 Å². The lowest BCUT2D eigenvalue weighted by molar-refractivity contribution is -0.152. The Hall–Kier alpha value is -3.57. The van der Waals surface area contributed by atoms with E-state index in [9.17, 15) is 24.8 Å². The smallest absolute Gasteiger partial charge is 0.459 e. The summed E-state index contributed by atoms with van der Waals surface area (Å²) in [7, 11) is -4.50. The van der Waals surface area contributed by atoms with Crippen LogP contribution in [0.2, 0.25) is 0 Å². The minimum Gasteiger partial charge on any atom is -0.461 e. The fourth-order valence-corrected chi connectivity index (χ4v) is 7.49. The van der Waals surface area contributed by atoms with Crippen molar-refractivity contribution in [3.63, 3.8) is 0 Å². The first-order chi connectivity index (χ1) is 20.1. The number of hydrogen-bond donors (Lipinski definition) is 4. The SMILES string of the molecule is C[C@H](NP(=O)(Oc1ccccc1)OC1[C@@]2(C#N)O[C@@H](c3ccc4c(N)ncnn34)[C@H](O)[C@@]12O)C(=O)OC1CCCCC1. The van der Waals surface area contributed by atoms with Crippen LogP contribution in [0.5, 0.6) is 5.75 Å². The van der Waals surface area contributed by atoms with Crippen LogP contribution in [-0.4, -0.2) is 66.3 Å². The molecule has 5 N–H and O–H groups in total. The molecular weight excluding hydrogens is 567 g/mol. The van der Waals surface area contributed by atoms with Gasteiger partial charge in [0.15, 0.2) is 17.5 Å². The average molecular weight is 599 g/mol. The van der Waals surface area contributed by atoms with Crippen molar-refractivity contribution in [2.75, 3.05) is 5.73 Å². The number of nitriles is 1. The zero-order valence-corrected chi connectivity index (χ0v) is 23.6. The molecule has 0 radical (unpaired) electrons. The summed E-state index contributed by atoms with van der Waals surface area (Å²) in [5.41, 5.74) is 2.25. The van der Waals surface area contributed by atoms with Gasteiger partial charge in [0.05, 0.1) is 5.69 Å². The van der Waals surface area contributed by atoms with Gasteiger partial charge in [-0.05, 0) is 56.9 Å². The summed E-state index contributed by atoms with van der Waals surface area (Å²) in [5, 5.41) is 39.6. The predicted octanol–water partition coefficient (Wildman–Crippen LogP) is 2.18. The van der Waals surface area contributed by atoms with E-state index in [1.54, 1.807) is 30.3 Å². The van der Waals surface area contributed by atoms with Crippen LogP contribution >= 0.6 is 7.75 Å². The molecular formula is C27H31N6O8P. The summed E-state index contributed by atoms with van der Waals surface area (Å²) in [6, 6.07) is 12.0. The second kappa shape index (κ2) is 10.6. The number of anilines is 1. The van der Waals surface area contributed by atoms with Gasteiger partial charge < -0.3 is 29.9 Å². The number of rotatable bonds is 9. The molecule has 1 aliphatic heterocycles. The molecule has 3 heterocycles. The number of para-hydroxylation sites is 1. The molecule has 6 rings (SSSR count). The number of carbonyl (C=O) groups excluding carboxylic acids is 1. The Kier molecular flexibility index (Phi) is 7.21. The van der Waals surface area contributed by atoms with Gasteiger partial charge in [-0.3, -0.25) is 9.32 Å². The molecule has 2 saturated carbocycles. The van der Waals surface area contributed by atoms with Crippen molar-refractivity contribution in [2.45, 2.75) is 80.7 Å². The van der Waals surface area contributed by atoms with E-state index < -0.39 is 49.3 Å². The molecule has 222 valence electrons. The minimum atomic E-state index is -4.50. The van der Waals surface area contributed by atoms with E-state index >= 15 is 0 Å². The van der Waals surface area contributed by atoms with Crippen LogP contribution in [0.1, 0.15) is 50.8 Å². The van der Waals surface area contributed by atoms with Crippen LogP contribution in [0.15, 0.2) is 48.8 Å². The number of nitrogens with zero attached hydrogens (tertiary/aromatic N) is 4. The highest BCUT2D eigenvalue weighted by molar-refractivity contribution is 7.52. The molecule has 14 nitrogen and oxygen atoms in total. The first-order valence-electron chi connectivity index (χ1n) is 13.7. The summed E-state index contributed by atoms with van der Waals surface area (Å²) < 4.78 is 38.5. The van der Waals surface area contributed by atoms with Crippen LogP contribution < -0.4 is 15.3 Å². The predicted molar refractivity (Wildman–Crippen MR) is 146 cm³/mol. The Morgan fingerprint density at radius 2 is 2.00 bits per heavy atom. The molecule has 15 heteroatoms. The van der Waals surface area contributed by atoms with E-state index in [0.29, 0.717) is 11.2 Å². The normalized spacial score (nSPS) is 31.0. The second-order valence-corrected chi connectivity index (χ2v) is 12.4. The van der Waals surface area contributed by atoms with E-state index in [2.05, 4.69) is 15.2 Å². The first kappa shape index (κ1) is 28.5. The molecule has 2 aliphatic carbocycles. The fourth-order valence-electron chi connectivity index (χ4n) is 5.76. The lowest BCUT2D eigenvalue weighted by Gasteiger charge is -2.27. The van der Waals surface area contributed by atoms with Gasteiger partial charge in [-0.15, -0.1) is 0 Å². The summed E-state index contributed by atoms with van der Waals surface area (Å²) in [4.78, 5) is 16.8. The number of hydrogen-bond acceptors (Lipinski definition) is 12. The van der Waals surface area contributed by atoms with Gasteiger partial charge in [0, 0.05) is 0 Å². The molecule has 7 atom stereocenters. The molecule has 2 unspecified atom stereocenters. The Balaban J connectivity index is 1.24. The Morgan fingerprint density at radius 3 is 2.69 bits per heavy atom. The molecule has 3 aromatic rings. The largest absolute Gasteiger partial charge is 0.461 e. The van der Waals surface area contributed by atoms with Crippen LogP contribution in [0.3, 0.4) is 0 Å². The van der Waals surface area contributed by atoms with Crippen molar-refractivity contribution in [2.24, 2.45) is 0 Å². The van der Waals surface area contributed by atoms with Crippen molar-refractivity contribution in [3.8, 4) is 11.8 Å². The van der Waals surface area contributed by atoms with Crippen molar-refractivity contribution >= 4 is 25.1 Å². The first-order valence-corrected chi connectivity index (χ1v) is 15.2. The number of esters is 1. The molecule has 42 heavy (non-hydrogen) atoms. The zero-order valence-electron chi connectivity index (χ0n) is 22.7. The van der Waals surface area contributed by atoms with E-state index in [-0.39, 0.29) is 17.7 Å². The Labute approximate surface area is 240 Å². The molecule has 2 aromatic heterocycles. The second-order valence-electron chi connectivity index (χ2n) is 10.8. The van der Waals surface area contributed by atoms with Crippen molar-refractivity contribution in [1.29, 1.82) is 5.26 Å². The Bertz CT molecular complexity index is 1580.